The number of amides is 1. The highest BCUT2D eigenvalue weighted by atomic mass is 32.2. The molecule has 0 radical (unpaired) electrons. The predicted molar refractivity (Wildman–Crippen MR) is 58.4 cm³/mol. The van der Waals surface area contributed by atoms with E-state index in [0.717, 1.165) is 0 Å². The van der Waals surface area contributed by atoms with Gasteiger partial charge in [-0.05, 0) is 12.7 Å². The van der Waals surface area contributed by atoms with Crippen LogP contribution in [0.3, 0.4) is 0 Å². The van der Waals surface area contributed by atoms with Crippen molar-refractivity contribution in [2.45, 2.75) is 30.7 Å². The highest BCUT2D eigenvalue weighted by molar-refractivity contribution is 7.99. The van der Waals surface area contributed by atoms with E-state index in [1.807, 2.05) is 6.26 Å². The normalized spacial score (nSPS) is 28.8. The first-order chi connectivity index (χ1) is 6.63. The van der Waals surface area contributed by atoms with Gasteiger partial charge in [-0.25, -0.2) is 0 Å². The zero-order valence-corrected chi connectivity index (χ0v) is 9.43. The van der Waals surface area contributed by atoms with Crippen molar-refractivity contribution in [2.24, 2.45) is 0 Å². The molecule has 0 spiro atoms. The fourth-order valence-electron chi connectivity index (χ4n) is 1.37. The van der Waals surface area contributed by atoms with Gasteiger partial charge in [0, 0.05) is 18.3 Å². The molecule has 1 rings (SSSR count). The first-order valence-corrected chi connectivity index (χ1v) is 6.14. The quantitative estimate of drug-likeness (QED) is 0.599. The van der Waals surface area contributed by atoms with Crippen molar-refractivity contribution in [3.8, 4) is 0 Å². The van der Waals surface area contributed by atoms with Gasteiger partial charge >= 0.3 is 0 Å². The lowest BCUT2D eigenvalue weighted by Gasteiger charge is -2.13. The van der Waals surface area contributed by atoms with E-state index in [1.165, 1.54) is 0 Å². The van der Waals surface area contributed by atoms with E-state index in [9.17, 15) is 9.90 Å². The summed E-state index contributed by atoms with van der Waals surface area (Å²) in [6.45, 7) is 3.28. The predicted octanol–water partition coefficient (Wildman–Crippen LogP) is -0.423. The number of aliphatic hydroxyl groups is 1. The molecule has 0 aromatic heterocycles. The summed E-state index contributed by atoms with van der Waals surface area (Å²) in [6.07, 6.45) is 2.18. The largest absolute Gasteiger partial charge is 0.392 e. The van der Waals surface area contributed by atoms with Crippen LogP contribution in [-0.2, 0) is 4.79 Å². The number of β-amino-alcohol motifs (C(OH)–C–C–N with tert-alkyl or cyclic N) is 1. The summed E-state index contributed by atoms with van der Waals surface area (Å²) in [4.78, 5) is 11.5. The van der Waals surface area contributed by atoms with Crippen molar-refractivity contribution in [1.29, 1.82) is 0 Å². The highest BCUT2D eigenvalue weighted by Crippen LogP contribution is 2.07. The van der Waals surface area contributed by atoms with Crippen LogP contribution >= 0.6 is 11.8 Å². The third-order valence-corrected chi connectivity index (χ3v) is 3.36. The zero-order valence-electron chi connectivity index (χ0n) is 8.62. The smallest absolute Gasteiger partial charge is 0.237 e. The minimum atomic E-state index is -0.372. The second kappa shape index (κ2) is 5.58. The first-order valence-electron chi connectivity index (χ1n) is 4.85. The third kappa shape index (κ3) is 3.48. The topological polar surface area (TPSA) is 61.4 Å². The Hall–Kier alpha value is -0.260. The number of hydrogen-bond acceptors (Lipinski definition) is 4. The lowest BCUT2D eigenvalue weighted by Crippen LogP contribution is -2.42. The molecule has 1 saturated heterocycles. The molecular formula is C9H18N2O2S. The Morgan fingerprint density at radius 3 is 3.00 bits per heavy atom. The van der Waals surface area contributed by atoms with E-state index in [2.05, 4.69) is 17.6 Å². The van der Waals surface area contributed by atoms with E-state index in [-0.39, 0.29) is 18.1 Å². The highest BCUT2D eigenvalue weighted by Gasteiger charge is 2.27. The van der Waals surface area contributed by atoms with Crippen LogP contribution in [0.4, 0.5) is 0 Å². The number of carbonyl (C=O) groups is 1. The average molecular weight is 218 g/mol. The van der Waals surface area contributed by atoms with Crippen LogP contribution < -0.4 is 10.6 Å². The molecule has 0 aromatic rings. The second-order valence-electron chi connectivity index (χ2n) is 3.64. The summed E-state index contributed by atoms with van der Waals surface area (Å²) in [5.74, 6) is 0.00227. The van der Waals surface area contributed by atoms with Gasteiger partial charge in [0.05, 0.1) is 12.1 Å². The fraction of sp³-hybridized carbons (Fsp3) is 0.889. The second-order valence-corrected chi connectivity index (χ2v) is 4.92. The molecule has 0 aromatic carbocycles. The lowest BCUT2D eigenvalue weighted by molar-refractivity contribution is -0.122. The van der Waals surface area contributed by atoms with Gasteiger partial charge in [0.15, 0.2) is 0 Å². The van der Waals surface area contributed by atoms with Gasteiger partial charge in [-0.1, -0.05) is 6.92 Å². The van der Waals surface area contributed by atoms with Crippen LogP contribution in [0.25, 0.3) is 0 Å². The minimum absolute atomic E-state index is 0.00227. The molecule has 3 atom stereocenters. The molecule has 1 aliphatic heterocycles. The van der Waals surface area contributed by atoms with Crippen molar-refractivity contribution in [1.82, 2.24) is 10.6 Å². The molecule has 0 bridgehead atoms. The molecule has 82 valence electrons. The van der Waals surface area contributed by atoms with Gasteiger partial charge in [0.2, 0.25) is 5.91 Å². The Bertz CT molecular complexity index is 201. The summed E-state index contributed by atoms with van der Waals surface area (Å²) in [7, 11) is 0. The van der Waals surface area contributed by atoms with E-state index in [0.29, 0.717) is 24.8 Å². The molecular weight excluding hydrogens is 200 g/mol. The van der Waals surface area contributed by atoms with Crippen LogP contribution in [0.15, 0.2) is 0 Å². The molecule has 0 aliphatic carbocycles. The van der Waals surface area contributed by atoms with Crippen molar-refractivity contribution >= 4 is 17.7 Å². The number of aliphatic hydroxyl groups excluding tert-OH is 1. The number of hydrogen-bond donors (Lipinski definition) is 3. The Labute approximate surface area is 88.8 Å². The van der Waals surface area contributed by atoms with Crippen LogP contribution in [0.5, 0.6) is 0 Å². The van der Waals surface area contributed by atoms with Gasteiger partial charge in [0.25, 0.3) is 0 Å². The number of rotatable bonds is 4. The van der Waals surface area contributed by atoms with Gasteiger partial charge in [-0.2, -0.15) is 11.8 Å². The summed E-state index contributed by atoms with van der Waals surface area (Å²) in [6, 6.07) is -0.209. The molecule has 14 heavy (non-hydrogen) atoms. The van der Waals surface area contributed by atoms with Gasteiger partial charge < -0.3 is 15.7 Å². The zero-order chi connectivity index (χ0) is 10.6. The maximum atomic E-state index is 11.5. The molecule has 1 aliphatic rings. The minimum Gasteiger partial charge on any atom is -0.392 e. The summed E-state index contributed by atoms with van der Waals surface area (Å²) in [5.41, 5.74) is 0. The number of nitrogens with one attached hydrogen (secondary N) is 2. The Morgan fingerprint density at radius 2 is 2.50 bits per heavy atom. The van der Waals surface area contributed by atoms with Crippen LogP contribution in [0, 0.1) is 0 Å². The van der Waals surface area contributed by atoms with Gasteiger partial charge in [-0.3, -0.25) is 4.79 Å². The van der Waals surface area contributed by atoms with Crippen LogP contribution in [0.1, 0.15) is 13.3 Å². The number of thioether (sulfide) groups is 1. The molecule has 3 unspecified atom stereocenters. The lowest BCUT2D eigenvalue weighted by atomic mass is 10.2. The van der Waals surface area contributed by atoms with E-state index < -0.39 is 0 Å². The Morgan fingerprint density at radius 1 is 1.79 bits per heavy atom. The van der Waals surface area contributed by atoms with Gasteiger partial charge in [-0.15, -0.1) is 0 Å². The van der Waals surface area contributed by atoms with E-state index in [4.69, 9.17) is 0 Å². The van der Waals surface area contributed by atoms with Crippen LogP contribution in [0.2, 0.25) is 0 Å². The van der Waals surface area contributed by atoms with Crippen molar-refractivity contribution < 1.29 is 9.90 Å². The standard InChI is InChI=1S/C9H18N2O2S/c1-6(14-2)4-11-9(13)8-3-7(12)5-10-8/h6-8,10,12H,3-5H2,1-2H3,(H,11,13). The van der Waals surface area contributed by atoms with E-state index >= 15 is 0 Å². The fourth-order valence-corrected chi connectivity index (χ4v) is 1.62. The maximum absolute atomic E-state index is 11.5. The van der Waals surface area contributed by atoms with Crippen molar-refractivity contribution in [2.75, 3.05) is 19.3 Å². The molecule has 1 amide bonds. The summed E-state index contributed by atoms with van der Waals surface area (Å²) in [5, 5.41) is 15.5. The van der Waals surface area contributed by atoms with Gasteiger partial charge in [0.1, 0.15) is 0 Å². The monoisotopic (exact) mass is 218 g/mol. The summed E-state index contributed by atoms with van der Waals surface area (Å²) < 4.78 is 0. The summed E-state index contributed by atoms with van der Waals surface area (Å²) >= 11 is 1.73. The maximum Gasteiger partial charge on any atom is 0.237 e. The van der Waals surface area contributed by atoms with E-state index in [1.54, 1.807) is 11.8 Å². The van der Waals surface area contributed by atoms with Crippen LogP contribution in [-0.4, -0.2) is 47.8 Å². The molecule has 1 fully saturated rings. The molecule has 4 nitrogen and oxygen atoms in total. The SMILES string of the molecule is CSC(C)CNC(=O)C1CC(O)CN1. The van der Waals surface area contributed by atoms with Crippen molar-refractivity contribution in [3.63, 3.8) is 0 Å². The Balaban J connectivity index is 2.22. The molecule has 0 saturated carbocycles. The molecule has 3 N–H and O–H groups in total. The Kier molecular flexibility index (Phi) is 4.71. The third-order valence-electron chi connectivity index (χ3n) is 2.39. The first kappa shape index (κ1) is 11.8. The average Bonchev–Trinajstić information content (AvgIpc) is 2.60. The molecule has 1 heterocycles. The molecule has 5 heteroatoms. The number of carbonyl (C=O) groups excluding carboxylic acids is 1. The van der Waals surface area contributed by atoms with Crippen molar-refractivity contribution in [3.05, 3.63) is 0 Å².